The van der Waals surface area contributed by atoms with Crippen LogP contribution in [0.2, 0.25) is 0 Å². The zero-order valence-corrected chi connectivity index (χ0v) is 11.6. The standard InChI is InChI=1S/C10H23O3PS/c1-4-7-8-9-10(5-2,6-3)15-14(11,12)13/h4-9H2,1-3H3,(H2-,11,12,13). The van der Waals surface area contributed by atoms with Gasteiger partial charge in [-0.05, 0) is 6.42 Å². The minimum absolute atomic E-state index is 0.228. The highest BCUT2D eigenvalue weighted by Gasteiger charge is 2.37. The van der Waals surface area contributed by atoms with Gasteiger partial charge in [0.25, 0.3) is 0 Å². The summed E-state index contributed by atoms with van der Waals surface area (Å²) in [5.74, 6) is 0. The predicted octanol–water partition coefficient (Wildman–Crippen LogP) is 2.23. The number of rotatable bonds is 7. The Morgan fingerprint density at radius 3 is 2.00 bits per heavy atom. The van der Waals surface area contributed by atoms with E-state index in [-0.39, 0.29) is 4.75 Å². The third kappa shape index (κ3) is 6.64. The highest BCUT2D eigenvalue weighted by molar-refractivity contribution is 8.16. The molecule has 2 N–H and O–H groups in total. The molecule has 0 radical (unpaired) electrons. The molecule has 0 amide bonds. The lowest BCUT2D eigenvalue weighted by atomic mass is 9.95. The van der Waals surface area contributed by atoms with Gasteiger partial charge < -0.3 is 14.7 Å². The van der Waals surface area contributed by atoms with Crippen LogP contribution in [0.1, 0.15) is 59.3 Å². The van der Waals surface area contributed by atoms with Crippen molar-refractivity contribution in [3.8, 4) is 0 Å². The molecule has 0 bridgehead atoms. The van der Waals surface area contributed by atoms with E-state index in [2.05, 4.69) is 6.92 Å². The molecule has 0 heterocycles. The van der Waals surface area contributed by atoms with Gasteiger partial charge in [-0.2, -0.15) is 0 Å². The summed E-state index contributed by atoms with van der Waals surface area (Å²) in [6, 6.07) is 0. The Bertz CT molecular complexity index is 212. The van der Waals surface area contributed by atoms with E-state index in [1.807, 2.05) is 13.8 Å². The molecule has 0 fully saturated rings. The first kappa shape index (κ1) is 15.5. The van der Waals surface area contributed by atoms with Crippen molar-refractivity contribution in [1.29, 1.82) is 0 Å². The van der Waals surface area contributed by atoms with Crippen LogP contribution in [-0.4, -0.2) is 14.5 Å². The van der Waals surface area contributed by atoms with Crippen molar-refractivity contribution in [1.82, 2.24) is 0 Å². The minimum Gasteiger partial charge on any atom is -0.742 e. The fourth-order valence-electron chi connectivity index (χ4n) is 1.73. The van der Waals surface area contributed by atoms with Crippen molar-refractivity contribution in [2.45, 2.75) is 64.0 Å². The largest absolute Gasteiger partial charge is 0.742 e. The molecule has 0 aliphatic heterocycles. The Kier molecular flexibility index (Phi) is 7.22. The topological polar surface area (TPSA) is 63.5 Å². The van der Waals surface area contributed by atoms with Crippen molar-refractivity contribution in [2.75, 3.05) is 0 Å². The van der Waals surface area contributed by atoms with E-state index < -0.39 is 6.72 Å². The van der Waals surface area contributed by atoms with E-state index in [0.717, 1.165) is 49.5 Å². The minimum atomic E-state index is -3.95. The van der Waals surface area contributed by atoms with Gasteiger partial charge in [0.1, 0.15) is 0 Å². The lowest BCUT2D eigenvalue weighted by Crippen LogP contribution is -2.27. The highest BCUT2D eigenvalue weighted by Crippen LogP contribution is 2.36. The maximum Gasteiger partial charge on any atom is 0.314 e. The summed E-state index contributed by atoms with van der Waals surface area (Å²) in [5.41, 5.74) is 0. The average molecular weight is 254 g/mol. The molecule has 0 aliphatic rings. The zero-order valence-electron chi connectivity index (χ0n) is 9.90. The lowest BCUT2D eigenvalue weighted by molar-refractivity contribution is -0.196. The number of hydrogen-bond acceptors (Lipinski definition) is 1. The molecule has 0 rings (SSSR count). The number of unbranched alkanes of at least 4 members (excludes halogenated alkanes) is 2. The average Bonchev–Trinajstić information content (AvgIpc) is 2.15. The Hall–Kier alpha value is 0.530. The maximum absolute atomic E-state index is 11.1. The van der Waals surface area contributed by atoms with E-state index in [0.29, 0.717) is 0 Å². The zero-order chi connectivity index (χ0) is 11.9. The third-order valence-corrected chi connectivity index (χ3v) is 6.12. The van der Waals surface area contributed by atoms with Crippen LogP contribution in [-0.2, 0) is 10.9 Å². The van der Waals surface area contributed by atoms with Crippen molar-refractivity contribution in [2.24, 2.45) is 0 Å². The van der Waals surface area contributed by atoms with Gasteiger partial charge in [0.15, 0.2) is 15.7 Å². The molecular weight excluding hydrogens is 231 g/mol. The Morgan fingerprint density at radius 2 is 1.67 bits per heavy atom. The summed E-state index contributed by atoms with van der Waals surface area (Å²) in [5, 5.41) is 0. The summed E-state index contributed by atoms with van der Waals surface area (Å²) < 4.78 is -0.228. The molecule has 15 heavy (non-hydrogen) atoms. The Labute approximate surface area is 96.8 Å². The van der Waals surface area contributed by atoms with E-state index in [1.165, 1.54) is 0 Å². The first-order valence-electron chi connectivity index (χ1n) is 5.65. The van der Waals surface area contributed by atoms with E-state index in [1.54, 1.807) is 0 Å². The molecule has 0 saturated heterocycles. The molecule has 0 saturated carbocycles. The molecule has 0 spiro atoms. The predicted molar refractivity (Wildman–Crippen MR) is 66.2 cm³/mol. The fourth-order valence-corrected chi connectivity index (χ4v) is 5.29. The molecule has 0 aromatic heterocycles. The summed E-state index contributed by atoms with van der Waals surface area (Å²) in [7, 11) is 0.866. The third-order valence-electron chi connectivity index (χ3n) is 2.84. The molecule has 92 valence electrons. The van der Waals surface area contributed by atoms with Gasteiger partial charge in [-0.15, -0.1) is 0 Å². The molecular formula is C10H23O3PS. The van der Waals surface area contributed by atoms with Gasteiger partial charge in [0.05, 0.1) is 0 Å². The highest BCUT2D eigenvalue weighted by atomic mass is 32.5. The second kappa shape index (κ2) is 6.97. The molecule has 0 aromatic rings. The van der Waals surface area contributed by atoms with Crippen LogP contribution in [0.5, 0.6) is 0 Å². The lowest BCUT2D eigenvalue weighted by Gasteiger charge is -2.19. The fraction of sp³-hybridized carbons (Fsp3) is 1.00. The van der Waals surface area contributed by atoms with E-state index in [9.17, 15) is 4.89 Å². The molecule has 3 nitrogen and oxygen atoms in total. The van der Waals surface area contributed by atoms with E-state index in [4.69, 9.17) is 9.79 Å². The monoisotopic (exact) mass is 254 g/mol. The normalized spacial score (nSPS) is 12.9. The smallest absolute Gasteiger partial charge is 0.314 e. The van der Waals surface area contributed by atoms with Crippen LogP contribution in [0.4, 0.5) is 0 Å². The van der Waals surface area contributed by atoms with Crippen LogP contribution in [0.25, 0.3) is 0 Å². The first-order chi connectivity index (χ1) is 6.89. The van der Waals surface area contributed by atoms with Crippen molar-refractivity contribution < 1.29 is 14.7 Å². The van der Waals surface area contributed by atoms with E-state index >= 15 is 0 Å². The van der Waals surface area contributed by atoms with Crippen LogP contribution < -0.4 is 4.89 Å². The van der Waals surface area contributed by atoms with Gasteiger partial charge in [-0.25, -0.2) is 0 Å². The van der Waals surface area contributed by atoms with Crippen LogP contribution in [0.15, 0.2) is 0 Å². The van der Waals surface area contributed by atoms with Crippen LogP contribution >= 0.6 is 6.72 Å². The Balaban J connectivity index is 4.59. The van der Waals surface area contributed by atoms with Gasteiger partial charge in [-0.3, -0.25) is 0 Å². The van der Waals surface area contributed by atoms with Gasteiger partial charge in [-0.1, -0.05) is 33.6 Å². The number of hydrogen-bond donors (Lipinski definition) is 2. The van der Waals surface area contributed by atoms with Crippen LogP contribution in [0.3, 0.4) is 0 Å². The first-order valence-corrected chi connectivity index (χ1v) is 8.69. The SMILES string of the molecule is CCCCCC(CC)(CC)[S+]=P([O-])(O)O. The maximum atomic E-state index is 11.1. The summed E-state index contributed by atoms with van der Waals surface area (Å²) >= 11 is 0. The Morgan fingerprint density at radius 1 is 1.13 bits per heavy atom. The molecule has 5 heteroatoms. The quantitative estimate of drug-likeness (QED) is 0.416. The van der Waals surface area contributed by atoms with Crippen molar-refractivity contribution >= 4 is 17.7 Å². The molecule has 0 atom stereocenters. The molecule has 0 unspecified atom stereocenters. The van der Waals surface area contributed by atoms with Gasteiger partial charge in [0.2, 0.25) is 0 Å². The molecule has 0 aromatic carbocycles. The summed E-state index contributed by atoms with van der Waals surface area (Å²) in [6.07, 6.45) is 5.90. The molecule has 0 aliphatic carbocycles. The summed E-state index contributed by atoms with van der Waals surface area (Å²) in [4.78, 5) is 29.1. The van der Waals surface area contributed by atoms with Gasteiger partial charge in [0, 0.05) is 19.3 Å². The second-order valence-electron chi connectivity index (χ2n) is 3.93. The van der Waals surface area contributed by atoms with Crippen LogP contribution in [0, 0.1) is 0 Å². The van der Waals surface area contributed by atoms with Crippen molar-refractivity contribution in [3.05, 3.63) is 0 Å². The second-order valence-corrected chi connectivity index (χ2v) is 7.93. The summed E-state index contributed by atoms with van der Waals surface area (Å²) in [6.45, 7) is 2.21. The van der Waals surface area contributed by atoms with Gasteiger partial charge >= 0.3 is 6.72 Å². The van der Waals surface area contributed by atoms with Crippen molar-refractivity contribution in [3.63, 3.8) is 0 Å².